The van der Waals surface area contributed by atoms with Crippen LogP contribution in [0.5, 0.6) is 0 Å². The Morgan fingerprint density at radius 1 is 1.40 bits per heavy atom. The van der Waals surface area contributed by atoms with E-state index >= 15 is 0 Å². The van der Waals surface area contributed by atoms with Crippen LogP contribution in [0.2, 0.25) is 0 Å². The second-order valence-corrected chi connectivity index (χ2v) is 6.08. The molecule has 1 aromatic heterocycles. The monoisotopic (exact) mass is 298 g/mol. The molecule has 0 aliphatic heterocycles. The fourth-order valence-electron chi connectivity index (χ4n) is 1.85. The average molecular weight is 298 g/mol. The number of carbonyl (C=O) groups excluding carboxylic acids is 2. The summed E-state index contributed by atoms with van der Waals surface area (Å²) >= 11 is 1.21. The van der Waals surface area contributed by atoms with Crippen molar-refractivity contribution in [2.75, 3.05) is 24.7 Å². The van der Waals surface area contributed by atoms with E-state index in [0.717, 1.165) is 19.4 Å². The number of methoxy groups -OCH3 is 1. The summed E-state index contributed by atoms with van der Waals surface area (Å²) in [5.41, 5.74) is 6.36. The topological polar surface area (TPSA) is 81.4 Å². The molecule has 0 radical (unpaired) electrons. The van der Waals surface area contributed by atoms with Crippen LogP contribution in [0.3, 0.4) is 0 Å². The zero-order valence-corrected chi connectivity index (χ0v) is 13.2. The number of Topliss-reactive ketones (excluding diaryl/α,β-unsaturated/α-hetero) is 1. The highest BCUT2D eigenvalue weighted by Crippen LogP contribution is 2.36. The Morgan fingerprint density at radius 3 is 2.55 bits per heavy atom. The molecule has 0 saturated carbocycles. The summed E-state index contributed by atoms with van der Waals surface area (Å²) in [6.45, 7) is 6.50. The van der Waals surface area contributed by atoms with Crippen LogP contribution in [-0.2, 0) is 4.74 Å². The van der Waals surface area contributed by atoms with Gasteiger partial charge >= 0.3 is 5.97 Å². The molecule has 3 N–H and O–H groups in total. The minimum atomic E-state index is -0.516. The van der Waals surface area contributed by atoms with E-state index in [1.54, 1.807) is 0 Å². The van der Waals surface area contributed by atoms with Gasteiger partial charge in [-0.3, -0.25) is 4.79 Å². The Balaban J connectivity index is 2.90. The smallest absolute Gasteiger partial charge is 0.343 e. The predicted octanol–water partition coefficient (Wildman–Crippen LogP) is 3.17. The van der Waals surface area contributed by atoms with Crippen LogP contribution in [0.1, 0.15) is 53.6 Å². The van der Waals surface area contributed by atoms with Gasteiger partial charge in [-0.25, -0.2) is 4.79 Å². The number of nitrogens with one attached hydrogen (secondary N) is 1. The second-order valence-electron chi connectivity index (χ2n) is 5.06. The van der Waals surface area contributed by atoms with Gasteiger partial charge in [-0.05, 0) is 18.8 Å². The first-order valence-corrected chi connectivity index (χ1v) is 7.45. The van der Waals surface area contributed by atoms with Gasteiger partial charge in [0.2, 0.25) is 0 Å². The van der Waals surface area contributed by atoms with Gasteiger partial charge in [0.15, 0.2) is 5.78 Å². The minimum absolute atomic E-state index is 0.145. The average Bonchev–Trinajstić information content (AvgIpc) is 2.71. The molecular formula is C14H22N2O3S. The Hall–Kier alpha value is -1.56. The zero-order valence-electron chi connectivity index (χ0n) is 12.4. The summed E-state index contributed by atoms with van der Waals surface area (Å²) in [5.74, 6) is -0.0245. The Morgan fingerprint density at radius 2 is 2.05 bits per heavy atom. The quantitative estimate of drug-likeness (QED) is 0.459. The summed E-state index contributed by atoms with van der Waals surface area (Å²) in [5, 5.41) is 3.80. The number of ether oxygens (including phenoxy) is 1. The molecule has 5 nitrogen and oxygen atoms in total. The van der Waals surface area contributed by atoms with Crippen LogP contribution < -0.4 is 11.1 Å². The van der Waals surface area contributed by atoms with Gasteiger partial charge in [0, 0.05) is 13.5 Å². The molecule has 0 aliphatic rings. The summed E-state index contributed by atoms with van der Waals surface area (Å²) < 4.78 is 4.73. The molecule has 0 bridgehead atoms. The molecule has 0 fully saturated rings. The van der Waals surface area contributed by atoms with Crippen LogP contribution in [0, 0.1) is 5.92 Å². The lowest BCUT2D eigenvalue weighted by molar-refractivity contribution is 0.0603. The van der Waals surface area contributed by atoms with Crippen molar-refractivity contribution in [3.63, 3.8) is 0 Å². The first kappa shape index (κ1) is 16.5. The van der Waals surface area contributed by atoms with Gasteiger partial charge < -0.3 is 15.8 Å². The fourth-order valence-corrected chi connectivity index (χ4v) is 2.88. The van der Waals surface area contributed by atoms with Crippen molar-refractivity contribution in [3.05, 3.63) is 10.4 Å². The van der Waals surface area contributed by atoms with Crippen LogP contribution in [-0.4, -0.2) is 25.4 Å². The van der Waals surface area contributed by atoms with Crippen molar-refractivity contribution in [3.8, 4) is 0 Å². The van der Waals surface area contributed by atoms with Crippen molar-refractivity contribution in [1.29, 1.82) is 0 Å². The van der Waals surface area contributed by atoms with Gasteiger partial charge in [-0.1, -0.05) is 13.8 Å². The highest BCUT2D eigenvalue weighted by atomic mass is 32.1. The molecule has 1 rings (SSSR count). The van der Waals surface area contributed by atoms with E-state index in [1.807, 2.05) is 0 Å². The molecule has 0 spiro atoms. The van der Waals surface area contributed by atoms with E-state index in [-0.39, 0.29) is 17.0 Å². The van der Waals surface area contributed by atoms with Crippen LogP contribution in [0.4, 0.5) is 10.7 Å². The van der Waals surface area contributed by atoms with Crippen molar-refractivity contribution in [2.45, 2.75) is 33.6 Å². The van der Waals surface area contributed by atoms with Crippen molar-refractivity contribution in [2.24, 2.45) is 5.92 Å². The summed E-state index contributed by atoms with van der Waals surface area (Å²) in [7, 11) is 1.30. The van der Waals surface area contributed by atoms with Gasteiger partial charge in [0.05, 0.1) is 17.7 Å². The zero-order chi connectivity index (χ0) is 15.3. The first-order chi connectivity index (χ1) is 9.38. The molecule has 1 aromatic rings. The van der Waals surface area contributed by atoms with E-state index in [2.05, 4.69) is 19.2 Å². The fraction of sp³-hybridized carbons (Fsp3) is 0.571. The molecule has 0 unspecified atom stereocenters. The summed E-state index contributed by atoms with van der Waals surface area (Å²) in [6, 6.07) is 0. The van der Waals surface area contributed by atoms with E-state index in [9.17, 15) is 9.59 Å². The van der Waals surface area contributed by atoms with E-state index in [1.165, 1.54) is 25.4 Å². The molecule has 6 heteroatoms. The number of carbonyl (C=O) groups is 2. The van der Waals surface area contributed by atoms with E-state index < -0.39 is 5.97 Å². The molecule has 0 saturated heterocycles. The Bertz CT molecular complexity index is 495. The third kappa shape index (κ3) is 3.96. The highest BCUT2D eigenvalue weighted by Gasteiger charge is 2.24. The van der Waals surface area contributed by atoms with Crippen LogP contribution in [0.15, 0.2) is 0 Å². The van der Waals surface area contributed by atoms with E-state index in [4.69, 9.17) is 10.5 Å². The van der Waals surface area contributed by atoms with Gasteiger partial charge in [0.25, 0.3) is 0 Å². The maximum Gasteiger partial charge on any atom is 0.343 e. The third-order valence-corrected chi connectivity index (χ3v) is 4.16. The summed E-state index contributed by atoms with van der Waals surface area (Å²) in [6.07, 6.45) is 2.09. The van der Waals surface area contributed by atoms with Crippen molar-refractivity contribution >= 4 is 33.8 Å². The number of esters is 1. The third-order valence-electron chi connectivity index (χ3n) is 2.90. The van der Waals surface area contributed by atoms with Gasteiger partial charge in [-0.2, -0.15) is 0 Å². The number of thiophene rings is 1. The summed E-state index contributed by atoms with van der Waals surface area (Å²) in [4.78, 5) is 23.7. The highest BCUT2D eigenvalue weighted by molar-refractivity contribution is 7.19. The number of anilines is 2. The molecule has 1 heterocycles. The number of nitrogen functional groups attached to an aromatic ring is 1. The number of nitrogens with two attached hydrogens (primary N) is 1. The number of hydrogen-bond donors (Lipinski definition) is 2. The second kappa shape index (κ2) is 7.28. The Labute approximate surface area is 123 Å². The van der Waals surface area contributed by atoms with Crippen LogP contribution in [0.25, 0.3) is 0 Å². The molecule has 112 valence electrons. The maximum atomic E-state index is 11.8. The Kier molecular flexibility index (Phi) is 6.01. The van der Waals surface area contributed by atoms with Gasteiger partial charge in [-0.15, -0.1) is 11.3 Å². The lowest BCUT2D eigenvalue weighted by Gasteiger charge is -2.08. The predicted molar refractivity (Wildman–Crippen MR) is 82.6 cm³/mol. The van der Waals surface area contributed by atoms with Crippen molar-refractivity contribution in [1.82, 2.24) is 0 Å². The standard InChI is InChI=1S/C14H22N2O3S/c1-8(2)6-5-7-16-13-10(14(18)19-4)11(15)12(20-13)9(3)17/h8,16H,5-7,15H2,1-4H3. The number of rotatable bonds is 7. The van der Waals surface area contributed by atoms with Crippen LogP contribution >= 0.6 is 11.3 Å². The molecule has 0 aliphatic carbocycles. The maximum absolute atomic E-state index is 11.8. The first-order valence-electron chi connectivity index (χ1n) is 6.63. The SMILES string of the molecule is COC(=O)c1c(NCCCC(C)C)sc(C(C)=O)c1N. The number of hydrogen-bond acceptors (Lipinski definition) is 6. The lowest BCUT2D eigenvalue weighted by Crippen LogP contribution is -2.09. The molecule has 0 aromatic carbocycles. The molecular weight excluding hydrogens is 276 g/mol. The van der Waals surface area contributed by atoms with Gasteiger partial charge in [0.1, 0.15) is 10.6 Å². The molecule has 0 amide bonds. The molecule has 0 atom stereocenters. The van der Waals surface area contributed by atoms with Crippen molar-refractivity contribution < 1.29 is 14.3 Å². The number of ketones is 1. The minimum Gasteiger partial charge on any atom is -0.465 e. The largest absolute Gasteiger partial charge is 0.465 e. The normalized spacial score (nSPS) is 10.7. The molecule has 20 heavy (non-hydrogen) atoms. The lowest BCUT2D eigenvalue weighted by atomic mass is 10.1. The van der Waals surface area contributed by atoms with E-state index in [0.29, 0.717) is 15.8 Å².